The Labute approximate surface area is 150 Å². The Bertz CT molecular complexity index is 864. The highest BCUT2D eigenvalue weighted by Gasteiger charge is 2.31. The maximum atomic E-state index is 12.4. The van der Waals surface area contributed by atoms with Crippen LogP contribution in [-0.4, -0.2) is 31.6 Å². The minimum Gasteiger partial charge on any atom is -0.275 e. The summed E-state index contributed by atoms with van der Waals surface area (Å²) in [7, 11) is -1.38. The Morgan fingerprint density at radius 2 is 1.64 bits per heavy atom. The van der Waals surface area contributed by atoms with E-state index in [1.54, 1.807) is 16.8 Å². The molecule has 7 heteroatoms. The normalized spacial score (nSPS) is 18.2. The second-order valence-electron chi connectivity index (χ2n) is 6.26. The fraction of sp³-hybridized carbons (Fsp3) is 0.278. The molecule has 2 atom stereocenters. The van der Waals surface area contributed by atoms with Crippen LogP contribution in [0.4, 0.5) is 0 Å². The van der Waals surface area contributed by atoms with Gasteiger partial charge in [-0.2, -0.15) is 0 Å². The molecule has 1 heterocycles. The van der Waals surface area contributed by atoms with Crippen LogP contribution in [0.3, 0.4) is 0 Å². The molecule has 0 aromatic heterocycles. The molecule has 1 fully saturated rings. The summed E-state index contributed by atoms with van der Waals surface area (Å²) in [5.41, 5.74) is 3.11. The molecule has 1 unspecified atom stereocenters. The molecule has 0 radical (unpaired) electrons. The number of nitrogens with one attached hydrogen (secondary N) is 1. The molecule has 0 spiro atoms. The summed E-state index contributed by atoms with van der Waals surface area (Å²) < 4.78 is 28.9. The van der Waals surface area contributed by atoms with Gasteiger partial charge in [0.1, 0.15) is 0 Å². The molecule has 5 nitrogen and oxygen atoms in total. The van der Waals surface area contributed by atoms with Crippen LogP contribution in [0.15, 0.2) is 53.4 Å². The van der Waals surface area contributed by atoms with E-state index in [-0.39, 0.29) is 4.90 Å². The predicted molar refractivity (Wildman–Crippen MR) is 101 cm³/mol. The third-order valence-electron chi connectivity index (χ3n) is 4.38. The van der Waals surface area contributed by atoms with Crippen molar-refractivity contribution in [1.82, 2.24) is 9.39 Å². The van der Waals surface area contributed by atoms with Gasteiger partial charge in [0.25, 0.3) is 15.9 Å². The number of carbonyl (C=O) groups is 1. The van der Waals surface area contributed by atoms with Gasteiger partial charge in [-0.05, 0) is 43.0 Å². The van der Waals surface area contributed by atoms with Gasteiger partial charge in [0.05, 0.1) is 10.9 Å². The summed E-state index contributed by atoms with van der Waals surface area (Å²) >= 11 is 0. The van der Waals surface area contributed by atoms with Gasteiger partial charge in [0.2, 0.25) is 0 Å². The van der Waals surface area contributed by atoms with Crippen molar-refractivity contribution in [1.29, 1.82) is 0 Å². The van der Waals surface area contributed by atoms with Gasteiger partial charge in [0.15, 0.2) is 0 Å². The van der Waals surface area contributed by atoms with E-state index in [4.69, 9.17) is 0 Å². The summed E-state index contributed by atoms with van der Waals surface area (Å²) in [4.78, 5) is 12.3. The molecule has 2 aromatic carbocycles. The van der Waals surface area contributed by atoms with Gasteiger partial charge in [-0.1, -0.05) is 51.4 Å². The highest BCUT2D eigenvalue weighted by atomic mass is 32.2. The molecule has 1 aliphatic rings. The molecule has 0 aliphatic carbocycles. The maximum Gasteiger partial charge on any atom is 0.264 e. The number of hydrogen-bond acceptors (Lipinski definition) is 4. The largest absolute Gasteiger partial charge is 0.275 e. The van der Waals surface area contributed by atoms with Crippen LogP contribution in [0.25, 0.3) is 11.1 Å². The van der Waals surface area contributed by atoms with Gasteiger partial charge in [-0.15, -0.1) is 0 Å². The molecule has 0 saturated carbocycles. The van der Waals surface area contributed by atoms with Crippen LogP contribution in [0.5, 0.6) is 0 Å². The standard InChI is InChI=1S/C18H21N2O3PS/c1-13-4-6-14(7-5-13)15-8-10-16(11-9-15)25(22,23)19-18(21)17-3-2-12-20(17)24/h4-11,17H,2-3,12,24H2,1H3,(H,19,21)/t17-/m0/s1. The fourth-order valence-corrected chi connectivity index (χ4v) is 4.38. The van der Waals surface area contributed by atoms with Gasteiger partial charge >= 0.3 is 0 Å². The molecule has 0 bridgehead atoms. The predicted octanol–water partition coefficient (Wildman–Crippen LogP) is 2.72. The Morgan fingerprint density at radius 1 is 1.08 bits per heavy atom. The Balaban J connectivity index is 1.76. The number of benzene rings is 2. The summed E-state index contributed by atoms with van der Waals surface area (Å²) in [6.07, 6.45) is 1.55. The van der Waals surface area contributed by atoms with Crippen molar-refractivity contribution in [2.45, 2.75) is 30.7 Å². The lowest BCUT2D eigenvalue weighted by atomic mass is 10.0. The van der Waals surface area contributed by atoms with Crippen LogP contribution in [0.2, 0.25) is 0 Å². The average molecular weight is 376 g/mol. The maximum absolute atomic E-state index is 12.4. The lowest BCUT2D eigenvalue weighted by Crippen LogP contribution is -2.42. The molecule has 1 N–H and O–H groups in total. The number of aryl methyl sites for hydroxylation is 1. The number of amides is 1. The highest BCUT2D eigenvalue weighted by molar-refractivity contribution is 7.90. The monoisotopic (exact) mass is 376 g/mol. The zero-order valence-electron chi connectivity index (χ0n) is 14.0. The number of hydrogen-bond donors (Lipinski definition) is 1. The smallest absolute Gasteiger partial charge is 0.264 e. The highest BCUT2D eigenvalue weighted by Crippen LogP contribution is 2.23. The van der Waals surface area contributed by atoms with E-state index < -0.39 is 22.0 Å². The summed E-state index contributed by atoms with van der Waals surface area (Å²) in [6.45, 7) is 2.79. The first-order chi connectivity index (χ1) is 11.9. The minimum absolute atomic E-state index is 0.0880. The van der Waals surface area contributed by atoms with E-state index in [1.165, 1.54) is 17.7 Å². The molecule has 132 valence electrons. The number of carbonyl (C=O) groups excluding carboxylic acids is 1. The lowest BCUT2D eigenvalue weighted by Gasteiger charge is -2.18. The molecular formula is C18H21N2O3PS. The van der Waals surface area contributed by atoms with E-state index in [1.807, 2.05) is 31.2 Å². The van der Waals surface area contributed by atoms with Crippen molar-refractivity contribution in [3.05, 3.63) is 54.1 Å². The van der Waals surface area contributed by atoms with Gasteiger partial charge in [-0.3, -0.25) is 9.46 Å². The Hall–Kier alpha value is -1.75. The van der Waals surface area contributed by atoms with E-state index in [0.717, 1.165) is 24.1 Å². The summed E-state index contributed by atoms with van der Waals surface area (Å²) in [5.74, 6) is -0.477. The first kappa shape index (κ1) is 18.1. The van der Waals surface area contributed by atoms with E-state index in [2.05, 4.69) is 14.1 Å². The van der Waals surface area contributed by atoms with Crippen LogP contribution in [-0.2, 0) is 14.8 Å². The number of sulfonamides is 1. The summed E-state index contributed by atoms with van der Waals surface area (Å²) in [5, 5.41) is 0. The van der Waals surface area contributed by atoms with Crippen LogP contribution < -0.4 is 4.72 Å². The molecule has 1 amide bonds. The van der Waals surface area contributed by atoms with Crippen LogP contribution in [0.1, 0.15) is 18.4 Å². The fourth-order valence-electron chi connectivity index (χ4n) is 2.90. The van der Waals surface area contributed by atoms with Gasteiger partial charge in [0, 0.05) is 6.54 Å². The molecule has 2 aromatic rings. The van der Waals surface area contributed by atoms with E-state index >= 15 is 0 Å². The van der Waals surface area contributed by atoms with Crippen molar-refractivity contribution < 1.29 is 13.2 Å². The Morgan fingerprint density at radius 3 is 2.16 bits per heavy atom. The zero-order valence-corrected chi connectivity index (χ0v) is 15.9. The van der Waals surface area contributed by atoms with Crippen molar-refractivity contribution in [3.8, 4) is 11.1 Å². The van der Waals surface area contributed by atoms with Crippen molar-refractivity contribution >= 4 is 25.3 Å². The molecule has 25 heavy (non-hydrogen) atoms. The molecular weight excluding hydrogens is 355 g/mol. The van der Waals surface area contributed by atoms with Crippen molar-refractivity contribution in [2.24, 2.45) is 0 Å². The third-order valence-corrected chi connectivity index (χ3v) is 6.36. The lowest BCUT2D eigenvalue weighted by molar-refractivity contribution is -0.122. The number of rotatable bonds is 4. The molecule has 1 aliphatic heterocycles. The molecule has 1 saturated heterocycles. The first-order valence-electron chi connectivity index (χ1n) is 8.12. The molecule has 3 rings (SSSR count). The first-order valence-corrected chi connectivity index (χ1v) is 10.1. The van der Waals surface area contributed by atoms with Crippen molar-refractivity contribution in [3.63, 3.8) is 0 Å². The van der Waals surface area contributed by atoms with Crippen LogP contribution >= 0.6 is 9.39 Å². The zero-order chi connectivity index (χ0) is 18.0. The minimum atomic E-state index is -3.86. The topological polar surface area (TPSA) is 66.5 Å². The van der Waals surface area contributed by atoms with E-state index in [9.17, 15) is 13.2 Å². The van der Waals surface area contributed by atoms with Crippen LogP contribution in [0, 0.1) is 6.92 Å². The third kappa shape index (κ3) is 4.09. The van der Waals surface area contributed by atoms with Crippen molar-refractivity contribution in [2.75, 3.05) is 6.54 Å². The van der Waals surface area contributed by atoms with Gasteiger partial charge < -0.3 is 0 Å². The number of nitrogens with zero attached hydrogens (tertiary/aromatic N) is 1. The van der Waals surface area contributed by atoms with Gasteiger partial charge in [-0.25, -0.2) is 13.1 Å². The second kappa shape index (κ2) is 7.24. The SMILES string of the molecule is Cc1ccc(-c2ccc(S(=O)(=O)NC(=O)[C@@H]3CCCN3P)cc2)cc1. The Kier molecular flexibility index (Phi) is 5.23. The quantitative estimate of drug-likeness (QED) is 0.834. The van der Waals surface area contributed by atoms with E-state index in [0.29, 0.717) is 6.42 Å². The summed E-state index contributed by atoms with van der Waals surface area (Å²) in [6, 6.07) is 14.2. The average Bonchev–Trinajstić information content (AvgIpc) is 3.01. The second-order valence-corrected chi connectivity index (χ2v) is 8.60.